The molecule has 0 saturated heterocycles. The first-order valence-corrected chi connectivity index (χ1v) is 12.7. The van der Waals surface area contributed by atoms with Gasteiger partial charge in [0.2, 0.25) is 11.8 Å². The molecule has 2 heterocycles. The number of benzene rings is 2. The van der Waals surface area contributed by atoms with Gasteiger partial charge in [0.15, 0.2) is 5.13 Å². The van der Waals surface area contributed by atoms with Crippen molar-refractivity contribution in [2.75, 3.05) is 4.90 Å². The summed E-state index contributed by atoms with van der Waals surface area (Å²) in [7, 11) is 0. The zero-order valence-electron chi connectivity index (χ0n) is 18.9. The summed E-state index contributed by atoms with van der Waals surface area (Å²) in [6.45, 7) is 5.82. The first kappa shape index (κ1) is 23.2. The molecular weight excluding hydrogens is 452 g/mol. The summed E-state index contributed by atoms with van der Waals surface area (Å²) in [5.41, 5.74) is 4.17. The van der Waals surface area contributed by atoms with Crippen LogP contribution in [0.1, 0.15) is 49.4 Å². The fourth-order valence-electron chi connectivity index (χ4n) is 3.45. The third kappa shape index (κ3) is 5.89. The second-order valence-corrected chi connectivity index (χ2v) is 9.53. The highest BCUT2D eigenvalue weighted by Crippen LogP contribution is 2.31. The van der Waals surface area contributed by atoms with Crippen LogP contribution in [0.4, 0.5) is 10.8 Å². The Bertz CT molecular complexity index is 1190. The van der Waals surface area contributed by atoms with Gasteiger partial charge in [-0.2, -0.15) is 0 Å². The number of carbonyl (C=O) groups excluding carboxylic acids is 1. The molecule has 4 aromatic rings. The van der Waals surface area contributed by atoms with E-state index < -0.39 is 0 Å². The van der Waals surface area contributed by atoms with Crippen LogP contribution in [0.15, 0.2) is 69.6 Å². The molecule has 0 spiro atoms. The van der Waals surface area contributed by atoms with E-state index >= 15 is 0 Å². The van der Waals surface area contributed by atoms with Crippen LogP contribution < -0.4 is 4.90 Å². The van der Waals surface area contributed by atoms with Gasteiger partial charge in [0.25, 0.3) is 5.22 Å². The zero-order valence-corrected chi connectivity index (χ0v) is 20.5. The van der Waals surface area contributed by atoms with Gasteiger partial charge in [-0.25, -0.2) is 4.98 Å². The van der Waals surface area contributed by atoms with E-state index in [-0.39, 0.29) is 5.91 Å². The fourth-order valence-corrected chi connectivity index (χ4v) is 5.11. The van der Waals surface area contributed by atoms with Crippen molar-refractivity contribution in [1.82, 2.24) is 15.2 Å². The third-order valence-electron chi connectivity index (χ3n) is 5.29. The van der Waals surface area contributed by atoms with Crippen LogP contribution in [0.2, 0.25) is 0 Å². The van der Waals surface area contributed by atoms with Crippen LogP contribution in [0.5, 0.6) is 0 Å². The molecule has 0 aliphatic heterocycles. The molecule has 1 amide bonds. The Labute approximate surface area is 202 Å². The molecule has 0 saturated carbocycles. The first-order valence-electron chi connectivity index (χ1n) is 10.9. The summed E-state index contributed by atoms with van der Waals surface area (Å²) in [6, 6.07) is 18.3. The molecule has 0 aliphatic rings. The molecule has 0 radical (unpaired) electrons. The highest BCUT2D eigenvalue weighted by atomic mass is 32.2. The molecule has 0 bridgehead atoms. The number of amides is 1. The highest BCUT2D eigenvalue weighted by molar-refractivity contribution is 7.98. The van der Waals surface area contributed by atoms with Crippen molar-refractivity contribution in [2.24, 2.45) is 0 Å². The largest absolute Gasteiger partial charge is 0.416 e. The number of carbonyl (C=O) groups is 1. The van der Waals surface area contributed by atoms with Crippen LogP contribution >= 0.6 is 23.1 Å². The van der Waals surface area contributed by atoms with Gasteiger partial charge in [-0.15, -0.1) is 21.5 Å². The monoisotopic (exact) mass is 478 g/mol. The van der Waals surface area contributed by atoms with E-state index in [1.54, 1.807) is 11.8 Å². The van der Waals surface area contributed by atoms with Gasteiger partial charge in [-0.3, -0.25) is 9.69 Å². The topological polar surface area (TPSA) is 72.1 Å². The predicted molar refractivity (Wildman–Crippen MR) is 133 cm³/mol. The Morgan fingerprint density at radius 2 is 1.88 bits per heavy atom. The van der Waals surface area contributed by atoms with Crippen molar-refractivity contribution in [3.8, 4) is 0 Å². The summed E-state index contributed by atoms with van der Waals surface area (Å²) >= 11 is 2.90. The molecule has 2 aromatic heterocycles. The second kappa shape index (κ2) is 10.8. The Kier molecular flexibility index (Phi) is 7.57. The summed E-state index contributed by atoms with van der Waals surface area (Å²) in [4.78, 5) is 18.7. The quantitative estimate of drug-likeness (QED) is 0.259. The number of thiazole rings is 1. The van der Waals surface area contributed by atoms with Crippen LogP contribution in [0.25, 0.3) is 0 Å². The Morgan fingerprint density at radius 3 is 2.58 bits per heavy atom. The Balaban J connectivity index is 1.38. The number of aromatic nitrogens is 3. The molecule has 0 N–H and O–H groups in total. The number of hydrogen-bond donors (Lipinski definition) is 0. The van der Waals surface area contributed by atoms with E-state index in [9.17, 15) is 4.79 Å². The second-order valence-electron chi connectivity index (χ2n) is 7.76. The van der Waals surface area contributed by atoms with Crippen LogP contribution in [-0.2, 0) is 23.4 Å². The standard InChI is InChI=1S/C25H26N4O2S2/c1-4-19-10-12-22(13-11-19)29(18(3)30)24-26-21(15-32-24)16-33-25-28-27-23(31-25)14-17(2)20-8-6-5-7-9-20/h5-13,15,17H,4,14,16H2,1-3H3. The van der Waals surface area contributed by atoms with Crippen molar-refractivity contribution in [3.63, 3.8) is 0 Å². The number of nitrogens with zero attached hydrogens (tertiary/aromatic N) is 4. The van der Waals surface area contributed by atoms with Crippen molar-refractivity contribution in [3.05, 3.63) is 82.7 Å². The first-order chi connectivity index (χ1) is 16.0. The van der Waals surface area contributed by atoms with Crippen molar-refractivity contribution in [2.45, 2.75) is 50.5 Å². The molecular formula is C25H26N4O2S2. The molecule has 4 rings (SSSR count). The number of aryl methyl sites for hydroxylation is 1. The Hall–Kier alpha value is -2.97. The molecule has 6 nitrogen and oxygen atoms in total. The lowest BCUT2D eigenvalue weighted by atomic mass is 9.98. The molecule has 0 aliphatic carbocycles. The SMILES string of the molecule is CCc1ccc(N(C(C)=O)c2nc(CSc3nnc(CC(C)c4ccccc4)o3)cs2)cc1. The maximum atomic E-state index is 12.3. The normalized spacial score (nSPS) is 12.0. The summed E-state index contributed by atoms with van der Waals surface area (Å²) in [6.07, 6.45) is 1.66. The van der Waals surface area contributed by atoms with Gasteiger partial charge in [0.1, 0.15) is 0 Å². The molecule has 8 heteroatoms. The van der Waals surface area contributed by atoms with Gasteiger partial charge >= 0.3 is 0 Å². The van der Waals surface area contributed by atoms with Crippen molar-refractivity contribution >= 4 is 39.8 Å². The van der Waals surface area contributed by atoms with Crippen LogP contribution in [-0.4, -0.2) is 21.1 Å². The van der Waals surface area contributed by atoms with Crippen molar-refractivity contribution < 1.29 is 9.21 Å². The zero-order chi connectivity index (χ0) is 23.2. The summed E-state index contributed by atoms with van der Waals surface area (Å²) in [5.74, 6) is 1.45. The molecule has 33 heavy (non-hydrogen) atoms. The van der Waals surface area contributed by atoms with Gasteiger partial charge in [-0.1, -0.05) is 68.1 Å². The van der Waals surface area contributed by atoms with Crippen molar-refractivity contribution in [1.29, 1.82) is 0 Å². The lowest BCUT2D eigenvalue weighted by Gasteiger charge is -2.18. The van der Waals surface area contributed by atoms with Gasteiger partial charge in [-0.05, 0) is 35.6 Å². The average Bonchev–Trinajstić information content (AvgIpc) is 3.48. The van der Waals surface area contributed by atoms with E-state index in [1.807, 2.05) is 47.8 Å². The number of thioether (sulfide) groups is 1. The van der Waals surface area contributed by atoms with E-state index in [1.165, 1.54) is 34.2 Å². The predicted octanol–water partition coefficient (Wildman–Crippen LogP) is 6.41. The lowest BCUT2D eigenvalue weighted by molar-refractivity contribution is -0.115. The molecule has 2 aromatic carbocycles. The van der Waals surface area contributed by atoms with E-state index in [0.29, 0.717) is 34.3 Å². The molecule has 170 valence electrons. The molecule has 1 unspecified atom stereocenters. The minimum absolute atomic E-state index is 0.0677. The van der Waals surface area contributed by atoms with Crippen LogP contribution in [0.3, 0.4) is 0 Å². The number of hydrogen-bond acceptors (Lipinski definition) is 7. The summed E-state index contributed by atoms with van der Waals surface area (Å²) in [5, 5.41) is 11.5. The summed E-state index contributed by atoms with van der Waals surface area (Å²) < 4.78 is 5.83. The highest BCUT2D eigenvalue weighted by Gasteiger charge is 2.19. The maximum absolute atomic E-state index is 12.3. The fraction of sp³-hybridized carbons (Fsp3) is 0.280. The minimum atomic E-state index is -0.0677. The van der Waals surface area contributed by atoms with Gasteiger partial charge in [0.05, 0.1) is 11.4 Å². The average molecular weight is 479 g/mol. The lowest BCUT2D eigenvalue weighted by Crippen LogP contribution is -2.22. The number of rotatable bonds is 9. The van der Waals surface area contributed by atoms with Gasteiger partial charge < -0.3 is 4.42 Å². The number of anilines is 2. The molecule has 0 fully saturated rings. The Morgan fingerprint density at radius 1 is 1.12 bits per heavy atom. The molecule has 1 atom stereocenters. The maximum Gasteiger partial charge on any atom is 0.276 e. The van der Waals surface area contributed by atoms with E-state index in [4.69, 9.17) is 4.42 Å². The minimum Gasteiger partial charge on any atom is -0.416 e. The van der Waals surface area contributed by atoms with E-state index in [2.05, 4.69) is 41.2 Å². The third-order valence-corrected chi connectivity index (χ3v) is 7.02. The van der Waals surface area contributed by atoms with E-state index in [0.717, 1.165) is 17.8 Å². The smallest absolute Gasteiger partial charge is 0.276 e. The van der Waals surface area contributed by atoms with Crippen LogP contribution in [0, 0.1) is 0 Å². The van der Waals surface area contributed by atoms with Gasteiger partial charge in [0, 0.05) is 24.5 Å².